The van der Waals surface area contributed by atoms with Gasteiger partial charge in [-0.3, -0.25) is 4.79 Å². The Morgan fingerprint density at radius 2 is 2.00 bits per heavy atom. The number of rotatable bonds is 5. The van der Waals surface area contributed by atoms with Crippen molar-refractivity contribution in [1.82, 2.24) is 9.38 Å². The van der Waals surface area contributed by atoms with E-state index in [1.807, 2.05) is 56.4 Å². The molecule has 118 valence electrons. The summed E-state index contributed by atoms with van der Waals surface area (Å²) in [7, 11) is 0. The summed E-state index contributed by atoms with van der Waals surface area (Å²) >= 11 is 0. The molecule has 0 unspecified atom stereocenters. The van der Waals surface area contributed by atoms with Crippen molar-refractivity contribution < 1.29 is 14.6 Å². The third kappa shape index (κ3) is 3.04. The van der Waals surface area contributed by atoms with Crippen molar-refractivity contribution in [2.24, 2.45) is 0 Å². The SMILES string of the molecule is Cc1ccccc1COc1cccn2c(CC(=O)O)c(C)nc12. The zero-order valence-corrected chi connectivity index (χ0v) is 13.1. The van der Waals surface area contributed by atoms with Crippen LogP contribution in [0.4, 0.5) is 0 Å². The average Bonchev–Trinajstić information content (AvgIpc) is 2.83. The lowest BCUT2D eigenvalue weighted by molar-refractivity contribution is -0.136. The van der Waals surface area contributed by atoms with Crippen LogP contribution in [0.2, 0.25) is 0 Å². The number of nitrogens with zero attached hydrogens (tertiary/aromatic N) is 2. The van der Waals surface area contributed by atoms with Crippen molar-refractivity contribution in [3.8, 4) is 5.75 Å². The standard InChI is InChI=1S/C18H18N2O3/c1-12-6-3-4-7-14(12)11-23-16-8-5-9-20-15(10-17(21)22)13(2)19-18(16)20/h3-9H,10-11H2,1-2H3,(H,21,22). The number of ether oxygens (including phenoxy) is 1. The van der Waals surface area contributed by atoms with Gasteiger partial charge < -0.3 is 14.2 Å². The molecule has 0 aliphatic heterocycles. The predicted molar refractivity (Wildman–Crippen MR) is 86.8 cm³/mol. The van der Waals surface area contributed by atoms with Gasteiger partial charge in [0, 0.05) is 6.20 Å². The Morgan fingerprint density at radius 1 is 1.22 bits per heavy atom. The van der Waals surface area contributed by atoms with Gasteiger partial charge in [-0.2, -0.15) is 0 Å². The zero-order chi connectivity index (χ0) is 16.4. The number of imidazole rings is 1. The van der Waals surface area contributed by atoms with Gasteiger partial charge >= 0.3 is 5.97 Å². The molecule has 2 aromatic heterocycles. The highest BCUT2D eigenvalue weighted by Gasteiger charge is 2.15. The Morgan fingerprint density at radius 3 is 2.74 bits per heavy atom. The number of aliphatic carboxylic acids is 1. The third-order valence-electron chi connectivity index (χ3n) is 3.88. The lowest BCUT2D eigenvalue weighted by Gasteiger charge is -2.09. The number of aryl methyl sites for hydroxylation is 2. The van der Waals surface area contributed by atoms with Gasteiger partial charge in [-0.1, -0.05) is 24.3 Å². The monoisotopic (exact) mass is 310 g/mol. The number of hydrogen-bond acceptors (Lipinski definition) is 3. The summed E-state index contributed by atoms with van der Waals surface area (Å²) < 4.78 is 7.72. The molecular formula is C18H18N2O3. The second kappa shape index (κ2) is 6.12. The first-order valence-electron chi connectivity index (χ1n) is 7.42. The lowest BCUT2D eigenvalue weighted by Crippen LogP contribution is -2.05. The first kappa shape index (κ1) is 15.1. The maximum atomic E-state index is 11.0. The number of carboxylic acid groups (broad SMARTS) is 1. The van der Waals surface area contributed by atoms with Gasteiger partial charge in [0.25, 0.3) is 0 Å². The maximum Gasteiger partial charge on any atom is 0.309 e. The van der Waals surface area contributed by atoms with Crippen LogP contribution < -0.4 is 4.74 Å². The fourth-order valence-electron chi connectivity index (χ4n) is 2.60. The van der Waals surface area contributed by atoms with Crippen molar-refractivity contribution in [2.75, 3.05) is 0 Å². The molecule has 0 radical (unpaired) electrons. The summed E-state index contributed by atoms with van der Waals surface area (Å²) in [5.41, 5.74) is 4.32. The summed E-state index contributed by atoms with van der Waals surface area (Å²) in [6, 6.07) is 11.7. The summed E-state index contributed by atoms with van der Waals surface area (Å²) in [5.74, 6) is -0.225. The molecule has 1 N–H and O–H groups in total. The molecule has 1 aromatic carbocycles. The molecular weight excluding hydrogens is 292 g/mol. The normalized spacial score (nSPS) is 10.9. The summed E-state index contributed by atoms with van der Waals surface area (Å²) in [6.45, 7) is 4.31. The number of fused-ring (bicyclic) bond motifs is 1. The van der Waals surface area contributed by atoms with Crippen LogP contribution in [0.1, 0.15) is 22.5 Å². The van der Waals surface area contributed by atoms with E-state index >= 15 is 0 Å². The second-order valence-electron chi connectivity index (χ2n) is 5.50. The third-order valence-corrected chi connectivity index (χ3v) is 3.88. The highest BCUT2D eigenvalue weighted by molar-refractivity contribution is 5.71. The molecule has 0 aliphatic carbocycles. The summed E-state index contributed by atoms with van der Waals surface area (Å²) in [4.78, 5) is 15.5. The van der Waals surface area contributed by atoms with Crippen molar-refractivity contribution >= 4 is 11.6 Å². The van der Waals surface area contributed by atoms with Crippen LogP contribution >= 0.6 is 0 Å². The fraction of sp³-hybridized carbons (Fsp3) is 0.222. The van der Waals surface area contributed by atoms with Crippen LogP contribution in [0.15, 0.2) is 42.6 Å². The van der Waals surface area contributed by atoms with Gasteiger partial charge in [0.1, 0.15) is 6.61 Å². The molecule has 0 spiro atoms. The summed E-state index contributed by atoms with van der Waals surface area (Å²) in [5, 5.41) is 9.05. The minimum atomic E-state index is -0.874. The molecule has 5 nitrogen and oxygen atoms in total. The first-order valence-corrected chi connectivity index (χ1v) is 7.42. The molecule has 2 heterocycles. The van der Waals surface area contributed by atoms with Gasteiger partial charge in [0.2, 0.25) is 0 Å². The smallest absolute Gasteiger partial charge is 0.309 e. The van der Waals surface area contributed by atoms with Gasteiger partial charge in [0.05, 0.1) is 17.8 Å². The van der Waals surface area contributed by atoms with Crippen LogP contribution in [0.3, 0.4) is 0 Å². The van der Waals surface area contributed by atoms with Crippen LogP contribution in [0.5, 0.6) is 5.75 Å². The van der Waals surface area contributed by atoms with Gasteiger partial charge in [-0.05, 0) is 37.1 Å². The Hall–Kier alpha value is -2.82. The van der Waals surface area contributed by atoms with E-state index in [1.54, 1.807) is 4.40 Å². The van der Waals surface area contributed by atoms with E-state index in [9.17, 15) is 4.79 Å². The van der Waals surface area contributed by atoms with Crippen molar-refractivity contribution in [1.29, 1.82) is 0 Å². The number of benzene rings is 1. The van der Waals surface area contributed by atoms with Crippen LogP contribution in [-0.2, 0) is 17.8 Å². The van der Waals surface area contributed by atoms with Crippen molar-refractivity contribution in [3.05, 3.63) is 65.1 Å². The Kier molecular flexibility index (Phi) is 4.02. The topological polar surface area (TPSA) is 63.8 Å². The first-order chi connectivity index (χ1) is 11.1. The molecule has 0 saturated carbocycles. The minimum Gasteiger partial charge on any atom is -0.485 e. The van der Waals surface area contributed by atoms with Crippen molar-refractivity contribution in [3.63, 3.8) is 0 Å². The maximum absolute atomic E-state index is 11.0. The van der Waals surface area contributed by atoms with Crippen LogP contribution in [-0.4, -0.2) is 20.5 Å². The van der Waals surface area contributed by atoms with E-state index in [4.69, 9.17) is 9.84 Å². The van der Waals surface area contributed by atoms with Crippen LogP contribution in [0.25, 0.3) is 5.65 Å². The second-order valence-corrected chi connectivity index (χ2v) is 5.50. The number of carbonyl (C=O) groups is 1. The molecule has 3 aromatic rings. The Balaban J connectivity index is 1.93. The van der Waals surface area contributed by atoms with E-state index in [0.29, 0.717) is 29.4 Å². The average molecular weight is 310 g/mol. The van der Waals surface area contributed by atoms with E-state index < -0.39 is 5.97 Å². The largest absolute Gasteiger partial charge is 0.485 e. The molecule has 0 atom stereocenters. The lowest BCUT2D eigenvalue weighted by atomic mass is 10.1. The minimum absolute atomic E-state index is 0.0613. The number of carboxylic acids is 1. The van der Waals surface area contributed by atoms with E-state index in [-0.39, 0.29) is 6.42 Å². The van der Waals surface area contributed by atoms with Crippen molar-refractivity contribution in [2.45, 2.75) is 26.9 Å². The Bertz CT molecular complexity index is 868. The van der Waals surface area contributed by atoms with E-state index in [2.05, 4.69) is 4.98 Å². The predicted octanol–water partition coefficient (Wildman–Crippen LogP) is 3.16. The fourth-order valence-corrected chi connectivity index (χ4v) is 2.60. The summed E-state index contributed by atoms with van der Waals surface area (Å²) in [6.07, 6.45) is 1.75. The van der Waals surface area contributed by atoms with Gasteiger partial charge in [0.15, 0.2) is 11.4 Å². The Labute approximate surface area is 134 Å². The molecule has 0 bridgehead atoms. The zero-order valence-electron chi connectivity index (χ0n) is 13.1. The van der Waals surface area contributed by atoms with Crippen LogP contribution in [0, 0.1) is 13.8 Å². The molecule has 0 amide bonds. The van der Waals surface area contributed by atoms with E-state index in [0.717, 1.165) is 5.56 Å². The number of aromatic nitrogens is 2. The number of pyridine rings is 1. The number of hydrogen-bond donors (Lipinski definition) is 1. The molecule has 0 aliphatic rings. The quantitative estimate of drug-likeness (QED) is 0.786. The molecule has 3 rings (SSSR count). The highest BCUT2D eigenvalue weighted by Crippen LogP contribution is 2.23. The molecule has 5 heteroatoms. The van der Waals surface area contributed by atoms with Gasteiger partial charge in [-0.25, -0.2) is 4.98 Å². The van der Waals surface area contributed by atoms with E-state index in [1.165, 1.54) is 5.56 Å². The molecule has 0 saturated heterocycles. The highest BCUT2D eigenvalue weighted by atomic mass is 16.5. The van der Waals surface area contributed by atoms with Gasteiger partial charge in [-0.15, -0.1) is 0 Å². The molecule has 0 fully saturated rings. The molecule has 23 heavy (non-hydrogen) atoms.